The maximum absolute atomic E-state index is 2.53. The third-order valence-corrected chi connectivity index (χ3v) is 6.60. The van der Waals surface area contributed by atoms with Gasteiger partial charge < -0.3 is 0 Å². The molecular formula is C29H42. The Hall–Kier alpha value is -1.56. The van der Waals surface area contributed by atoms with Crippen molar-refractivity contribution < 1.29 is 0 Å². The predicted octanol–water partition coefficient (Wildman–Crippen LogP) is 9.43. The maximum Gasteiger partial charge on any atom is -0.00574 e. The summed E-state index contributed by atoms with van der Waals surface area (Å²) < 4.78 is 0. The fraction of sp³-hybridized carbons (Fsp3) is 0.586. The zero-order valence-electron chi connectivity index (χ0n) is 19.1. The molecule has 0 radical (unpaired) electrons. The number of unbranched alkanes of at least 4 members (excludes halogenated alkanes) is 10. The van der Waals surface area contributed by atoms with Crippen molar-refractivity contribution in [2.24, 2.45) is 0 Å². The van der Waals surface area contributed by atoms with Gasteiger partial charge in [0.15, 0.2) is 0 Å². The molecule has 0 heterocycles. The second-order valence-electron chi connectivity index (χ2n) is 9.22. The Bertz CT molecular complexity index is 780. The molecule has 2 aromatic rings. The van der Waals surface area contributed by atoms with Gasteiger partial charge in [-0.1, -0.05) is 120 Å². The standard InChI is InChI=1S/C29H42/c1-3-5-7-9-11-13-16-24-20-26-18-15-19-27-21-25(23-28(22-24)29(26)27)17-14-12-10-8-6-4-2/h15,18-20,22-23H,3-14,16-17,21H2,1-2H3. The number of rotatable bonds is 14. The molecule has 0 saturated carbocycles. The SMILES string of the molecule is CCCCCCCCC1=Cc2cc(CCCCCCCC)cc3cccc(c23)C1. The molecule has 29 heavy (non-hydrogen) atoms. The van der Waals surface area contributed by atoms with Gasteiger partial charge in [0, 0.05) is 0 Å². The molecule has 0 spiro atoms. The lowest BCUT2D eigenvalue weighted by Gasteiger charge is -2.19. The van der Waals surface area contributed by atoms with Crippen molar-refractivity contribution >= 4 is 16.8 Å². The van der Waals surface area contributed by atoms with Crippen molar-refractivity contribution in [1.82, 2.24) is 0 Å². The minimum Gasteiger partial charge on any atom is -0.0654 e. The lowest BCUT2D eigenvalue weighted by atomic mass is 9.85. The van der Waals surface area contributed by atoms with Crippen LogP contribution in [0, 0.1) is 0 Å². The molecule has 158 valence electrons. The summed E-state index contributed by atoms with van der Waals surface area (Å²) in [5.74, 6) is 0. The summed E-state index contributed by atoms with van der Waals surface area (Å²) in [4.78, 5) is 0. The van der Waals surface area contributed by atoms with Crippen LogP contribution in [-0.4, -0.2) is 0 Å². The summed E-state index contributed by atoms with van der Waals surface area (Å²) in [5, 5.41) is 2.97. The third-order valence-electron chi connectivity index (χ3n) is 6.60. The molecule has 0 atom stereocenters. The Kier molecular flexibility index (Phi) is 9.32. The average molecular weight is 391 g/mol. The van der Waals surface area contributed by atoms with Crippen LogP contribution in [-0.2, 0) is 12.8 Å². The van der Waals surface area contributed by atoms with Crippen LogP contribution in [0.25, 0.3) is 16.8 Å². The van der Waals surface area contributed by atoms with Gasteiger partial charge in [0.25, 0.3) is 0 Å². The van der Waals surface area contributed by atoms with E-state index in [0.717, 1.165) is 6.42 Å². The first kappa shape index (κ1) is 22.1. The Balaban J connectivity index is 1.61. The van der Waals surface area contributed by atoms with E-state index in [1.807, 2.05) is 0 Å². The van der Waals surface area contributed by atoms with E-state index in [9.17, 15) is 0 Å². The summed E-state index contributed by atoms with van der Waals surface area (Å²) in [5.41, 5.74) is 6.23. The zero-order chi connectivity index (χ0) is 20.3. The highest BCUT2D eigenvalue weighted by Crippen LogP contribution is 2.34. The van der Waals surface area contributed by atoms with Gasteiger partial charge in [0.05, 0.1) is 0 Å². The second-order valence-corrected chi connectivity index (χ2v) is 9.22. The molecule has 1 aliphatic rings. The molecule has 0 nitrogen and oxygen atoms in total. The van der Waals surface area contributed by atoms with Gasteiger partial charge in [0.2, 0.25) is 0 Å². The van der Waals surface area contributed by atoms with Crippen LogP contribution in [0.5, 0.6) is 0 Å². The van der Waals surface area contributed by atoms with Crippen LogP contribution in [0.3, 0.4) is 0 Å². The Morgan fingerprint density at radius 1 is 0.690 bits per heavy atom. The van der Waals surface area contributed by atoms with Gasteiger partial charge in [-0.15, -0.1) is 0 Å². The predicted molar refractivity (Wildman–Crippen MR) is 131 cm³/mol. The van der Waals surface area contributed by atoms with Gasteiger partial charge in [-0.05, 0) is 59.6 Å². The summed E-state index contributed by atoms with van der Waals surface area (Å²) in [6.45, 7) is 4.59. The topological polar surface area (TPSA) is 0 Å². The first-order chi connectivity index (χ1) is 14.3. The second kappa shape index (κ2) is 12.2. The summed E-state index contributed by atoms with van der Waals surface area (Å²) >= 11 is 0. The van der Waals surface area contributed by atoms with Crippen LogP contribution in [0.15, 0.2) is 35.9 Å². The van der Waals surface area contributed by atoms with E-state index in [1.54, 1.807) is 11.1 Å². The molecular weight excluding hydrogens is 348 g/mol. The van der Waals surface area contributed by atoms with Crippen LogP contribution in [0.4, 0.5) is 0 Å². The molecule has 1 aliphatic carbocycles. The zero-order valence-corrected chi connectivity index (χ0v) is 19.1. The monoisotopic (exact) mass is 390 g/mol. The molecule has 2 aromatic carbocycles. The van der Waals surface area contributed by atoms with Crippen molar-refractivity contribution in [3.63, 3.8) is 0 Å². The summed E-state index contributed by atoms with van der Waals surface area (Å²) in [6.07, 6.45) is 22.8. The van der Waals surface area contributed by atoms with Gasteiger partial charge in [-0.3, -0.25) is 0 Å². The number of benzene rings is 2. The molecule has 3 rings (SSSR count). The average Bonchev–Trinajstić information content (AvgIpc) is 2.73. The van der Waals surface area contributed by atoms with Crippen LogP contribution < -0.4 is 0 Å². The highest BCUT2D eigenvalue weighted by atomic mass is 14.2. The number of allylic oxidation sites excluding steroid dienone is 1. The van der Waals surface area contributed by atoms with E-state index in [4.69, 9.17) is 0 Å². The van der Waals surface area contributed by atoms with E-state index < -0.39 is 0 Å². The fourth-order valence-electron chi connectivity index (χ4n) is 4.93. The normalized spacial score (nSPS) is 13.1. The Labute approximate surface area is 179 Å². The van der Waals surface area contributed by atoms with Gasteiger partial charge in [0.1, 0.15) is 0 Å². The van der Waals surface area contributed by atoms with Crippen LogP contribution in [0.1, 0.15) is 114 Å². The van der Waals surface area contributed by atoms with Crippen molar-refractivity contribution in [2.75, 3.05) is 0 Å². The molecule has 0 fully saturated rings. The fourth-order valence-corrected chi connectivity index (χ4v) is 4.93. The maximum atomic E-state index is 2.53. The number of hydrogen-bond donors (Lipinski definition) is 0. The minimum atomic E-state index is 1.16. The van der Waals surface area contributed by atoms with E-state index in [2.05, 4.69) is 50.3 Å². The number of hydrogen-bond acceptors (Lipinski definition) is 0. The molecule has 0 saturated heterocycles. The lowest BCUT2D eigenvalue weighted by Crippen LogP contribution is -2.01. The molecule has 0 heteroatoms. The van der Waals surface area contributed by atoms with Crippen molar-refractivity contribution in [3.05, 3.63) is 52.6 Å². The molecule has 0 amide bonds. The van der Waals surface area contributed by atoms with E-state index >= 15 is 0 Å². The van der Waals surface area contributed by atoms with Gasteiger partial charge >= 0.3 is 0 Å². The smallest absolute Gasteiger partial charge is 0.00574 e. The largest absolute Gasteiger partial charge is 0.0654 e. The lowest BCUT2D eigenvalue weighted by molar-refractivity contribution is 0.605. The summed E-state index contributed by atoms with van der Waals surface area (Å²) in [6, 6.07) is 11.9. The van der Waals surface area contributed by atoms with Gasteiger partial charge in [-0.25, -0.2) is 0 Å². The molecule has 0 unspecified atom stereocenters. The third kappa shape index (κ3) is 6.73. The van der Waals surface area contributed by atoms with Crippen molar-refractivity contribution in [1.29, 1.82) is 0 Å². The van der Waals surface area contributed by atoms with Gasteiger partial charge in [-0.2, -0.15) is 0 Å². The van der Waals surface area contributed by atoms with Crippen molar-refractivity contribution in [3.8, 4) is 0 Å². The highest BCUT2D eigenvalue weighted by molar-refractivity contribution is 5.96. The Morgan fingerprint density at radius 3 is 2.07 bits per heavy atom. The first-order valence-electron chi connectivity index (χ1n) is 12.6. The van der Waals surface area contributed by atoms with E-state index in [0.29, 0.717) is 0 Å². The summed E-state index contributed by atoms with van der Waals surface area (Å²) in [7, 11) is 0. The molecule has 0 bridgehead atoms. The quantitative estimate of drug-likeness (QED) is 0.282. The number of aryl methyl sites for hydroxylation is 1. The molecule has 0 aliphatic heterocycles. The van der Waals surface area contributed by atoms with E-state index in [1.165, 1.54) is 112 Å². The van der Waals surface area contributed by atoms with Crippen molar-refractivity contribution in [2.45, 2.75) is 110 Å². The minimum absolute atomic E-state index is 1.16. The molecule has 0 aromatic heterocycles. The first-order valence-corrected chi connectivity index (χ1v) is 12.6. The molecule has 0 N–H and O–H groups in total. The van der Waals surface area contributed by atoms with E-state index in [-0.39, 0.29) is 0 Å². The highest BCUT2D eigenvalue weighted by Gasteiger charge is 2.14. The Morgan fingerprint density at radius 2 is 1.34 bits per heavy atom. The van der Waals surface area contributed by atoms with Crippen LogP contribution >= 0.6 is 0 Å². The van der Waals surface area contributed by atoms with Crippen LogP contribution in [0.2, 0.25) is 0 Å².